The van der Waals surface area contributed by atoms with Gasteiger partial charge in [0.2, 0.25) is 0 Å². The Labute approximate surface area is 98.0 Å². The van der Waals surface area contributed by atoms with E-state index >= 15 is 0 Å². The molecule has 1 aromatic rings. The number of aromatic amines is 1. The van der Waals surface area contributed by atoms with Gasteiger partial charge in [0, 0.05) is 11.7 Å². The Hall–Kier alpha value is -0.830. The molecule has 0 spiro atoms. The van der Waals surface area contributed by atoms with Gasteiger partial charge in [-0.2, -0.15) is 5.10 Å². The first-order chi connectivity index (χ1) is 7.79. The molecule has 16 heavy (non-hydrogen) atoms. The van der Waals surface area contributed by atoms with E-state index in [9.17, 15) is 0 Å². The van der Waals surface area contributed by atoms with Gasteiger partial charge in [0.1, 0.15) is 0 Å². The van der Waals surface area contributed by atoms with Crippen molar-refractivity contribution in [2.24, 2.45) is 5.92 Å². The van der Waals surface area contributed by atoms with Crippen LogP contribution in [0.25, 0.3) is 0 Å². The molecule has 1 aliphatic rings. The van der Waals surface area contributed by atoms with Gasteiger partial charge in [0.05, 0.1) is 6.20 Å². The molecule has 3 heteroatoms. The SMILES string of the molecule is CCCC(C)CNC1CCc2[nH]ncc2C1. The Balaban J connectivity index is 1.77. The van der Waals surface area contributed by atoms with Crippen LogP contribution < -0.4 is 5.32 Å². The lowest BCUT2D eigenvalue weighted by atomic mass is 9.93. The number of fused-ring (bicyclic) bond motifs is 1. The minimum absolute atomic E-state index is 0.657. The molecule has 2 unspecified atom stereocenters. The topological polar surface area (TPSA) is 40.7 Å². The summed E-state index contributed by atoms with van der Waals surface area (Å²) in [4.78, 5) is 0. The van der Waals surface area contributed by atoms with Gasteiger partial charge in [-0.15, -0.1) is 0 Å². The summed E-state index contributed by atoms with van der Waals surface area (Å²) in [7, 11) is 0. The van der Waals surface area contributed by atoms with E-state index in [1.165, 1.54) is 30.5 Å². The number of nitrogens with zero attached hydrogens (tertiary/aromatic N) is 1. The third-order valence-corrected chi connectivity index (χ3v) is 3.55. The summed E-state index contributed by atoms with van der Waals surface area (Å²) in [5, 5.41) is 10.9. The summed E-state index contributed by atoms with van der Waals surface area (Å²) < 4.78 is 0. The maximum absolute atomic E-state index is 4.11. The lowest BCUT2D eigenvalue weighted by Crippen LogP contribution is -2.36. The van der Waals surface area contributed by atoms with Crippen molar-refractivity contribution in [1.29, 1.82) is 0 Å². The largest absolute Gasteiger partial charge is 0.313 e. The molecule has 0 aromatic carbocycles. The van der Waals surface area contributed by atoms with Gasteiger partial charge in [-0.25, -0.2) is 0 Å². The highest BCUT2D eigenvalue weighted by molar-refractivity contribution is 5.20. The van der Waals surface area contributed by atoms with Crippen LogP contribution >= 0.6 is 0 Å². The summed E-state index contributed by atoms with van der Waals surface area (Å²) in [6.45, 7) is 5.75. The lowest BCUT2D eigenvalue weighted by molar-refractivity contribution is 0.398. The number of H-pyrrole nitrogens is 1. The molecule has 0 aliphatic heterocycles. The molecule has 90 valence electrons. The Morgan fingerprint density at radius 3 is 3.31 bits per heavy atom. The molecule has 2 N–H and O–H groups in total. The van der Waals surface area contributed by atoms with Gasteiger partial charge in [-0.1, -0.05) is 20.3 Å². The van der Waals surface area contributed by atoms with Crippen molar-refractivity contribution in [3.8, 4) is 0 Å². The van der Waals surface area contributed by atoms with E-state index in [4.69, 9.17) is 0 Å². The van der Waals surface area contributed by atoms with E-state index in [0.29, 0.717) is 6.04 Å². The van der Waals surface area contributed by atoms with Crippen molar-refractivity contribution < 1.29 is 0 Å². The minimum atomic E-state index is 0.657. The predicted molar refractivity (Wildman–Crippen MR) is 66.5 cm³/mol. The fraction of sp³-hybridized carbons (Fsp3) is 0.769. The fourth-order valence-corrected chi connectivity index (χ4v) is 2.55. The molecule has 0 saturated heterocycles. The van der Waals surface area contributed by atoms with Crippen LogP contribution in [0.3, 0.4) is 0 Å². The maximum atomic E-state index is 4.11. The summed E-state index contributed by atoms with van der Waals surface area (Å²) in [6, 6.07) is 0.657. The van der Waals surface area contributed by atoms with Crippen molar-refractivity contribution >= 4 is 0 Å². The van der Waals surface area contributed by atoms with Crippen molar-refractivity contribution in [2.45, 2.75) is 52.0 Å². The number of aromatic nitrogens is 2. The molecule has 0 saturated carbocycles. The van der Waals surface area contributed by atoms with E-state index in [1.807, 2.05) is 6.20 Å². The van der Waals surface area contributed by atoms with Gasteiger partial charge >= 0.3 is 0 Å². The monoisotopic (exact) mass is 221 g/mol. The molecule has 2 atom stereocenters. The highest BCUT2D eigenvalue weighted by Gasteiger charge is 2.19. The number of hydrogen-bond donors (Lipinski definition) is 2. The van der Waals surface area contributed by atoms with Crippen LogP contribution in [0.4, 0.5) is 0 Å². The summed E-state index contributed by atoms with van der Waals surface area (Å²) in [5.74, 6) is 0.802. The first-order valence-corrected chi connectivity index (χ1v) is 6.54. The second-order valence-corrected chi connectivity index (χ2v) is 5.12. The molecule has 1 heterocycles. The van der Waals surface area contributed by atoms with E-state index in [-0.39, 0.29) is 0 Å². The number of aryl methyl sites for hydroxylation is 1. The second kappa shape index (κ2) is 5.48. The second-order valence-electron chi connectivity index (χ2n) is 5.12. The lowest BCUT2D eigenvalue weighted by Gasteiger charge is -2.24. The zero-order valence-corrected chi connectivity index (χ0v) is 10.4. The van der Waals surface area contributed by atoms with Gasteiger partial charge in [-0.05, 0) is 43.7 Å². The van der Waals surface area contributed by atoms with Crippen LogP contribution in [0, 0.1) is 5.92 Å². The van der Waals surface area contributed by atoms with E-state index in [2.05, 4.69) is 29.4 Å². The molecule has 0 radical (unpaired) electrons. The molecular weight excluding hydrogens is 198 g/mol. The third-order valence-electron chi connectivity index (χ3n) is 3.55. The average Bonchev–Trinajstić information content (AvgIpc) is 2.74. The molecule has 1 aromatic heterocycles. The molecule has 0 fully saturated rings. The zero-order valence-electron chi connectivity index (χ0n) is 10.4. The van der Waals surface area contributed by atoms with E-state index < -0.39 is 0 Å². The van der Waals surface area contributed by atoms with E-state index in [1.54, 1.807) is 0 Å². The summed E-state index contributed by atoms with van der Waals surface area (Å²) in [5.41, 5.74) is 2.76. The highest BCUT2D eigenvalue weighted by Crippen LogP contribution is 2.19. The zero-order chi connectivity index (χ0) is 11.4. The standard InChI is InChI=1S/C13H23N3/c1-3-4-10(2)8-14-12-5-6-13-11(7-12)9-15-16-13/h9-10,12,14H,3-8H2,1-2H3,(H,15,16). The van der Waals surface area contributed by atoms with Gasteiger partial charge in [0.15, 0.2) is 0 Å². The van der Waals surface area contributed by atoms with Crippen LogP contribution in [0.5, 0.6) is 0 Å². The van der Waals surface area contributed by atoms with Crippen molar-refractivity contribution in [3.63, 3.8) is 0 Å². The van der Waals surface area contributed by atoms with Gasteiger partial charge in [-0.3, -0.25) is 5.10 Å². The number of hydrogen-bond acceptors (Lipinski definition) is 2. The van der Waals surface area contributed by atoms with E-state index in [0.717, 1.165) is 25.3 Å². The average molecular weight is 221 g/mol. The maximum Gasteiger partial charge on any atom is 0.0522 e. The first kappa shape index (κ1) is 11.6. The molecule has 0 bridgehead atoms. The third kappa shape index (κ3) is 2.85. The van der Waals surface area contributed by atoms with Crippen LogP contribution in [0.15, 0.2) is 6.20 Å². The molecule has 2 rings (SSSR count). The molecule has 0 amide bonds. The van der Waals surface area contributed by atoms with Crippen LogP contribution in [-0.2, 0) is 12.8 Å². The van der Waals surface area contributed by atoms with Gasteiger partial charge in [0.25, 0.3) is 0 Å². The quantitative estimate of drug-likeness (QED) is 0.801. The first-order valence-electron chi connectivity index (χ1n) is 6.54. The Kier molecular flexibility index (Phi) is 3.99. The molecular formula is C13H23N3. The summed E-state index contributed by atoms with van der Waals surface area (Å²) in [6.07, 6.45) is 8.14. The molecule has 3 nitrogen and oxygen atoms in total. The normalized spacial score (nSPS) is 21.8. The number of nitrogens with one attached hydrogen (secondary N) is 2. The highest BCUT2D eigenvalue weighted by atomic mass is 15.1. The molecule has 1 aliphatic carbocycles. The van der Waals surface area contributed by atoms with Crippen molar-refractivity contribution in [3.05, 3.63) is 17.5 Å². The van der Waals surface area contributed by atoms with Crippen LogP contribution in [0.2, 0.25) is 0 Å². The summed E-state index contributed by atoms with van der Waals surface area (Å²) >= 11 is 0. The van der Waals surface area contributed by atoms with Gasteiger partial charge < -0.3 is 5.32 Å². The van der Waals surface area contributed by atoms with Crippen LogP contribution in [-0.4, -0.2) is 22.8 Å². The van der Waals surface area contributed by atoms with Crippen molar-refractivity contribution in [2.75, 3.05) is 6.54 Å². The predicted octanol–water partition coefficient (Wildman–Crippen LogP) is 2.29. The number of rotatable bonds is 5. The minimum Gasteiger partial charge on any atom is -0.313 e. The Bertz CT molecular complexity index is 319. The Morgan fingerprint density at radius 1 is 1.62 bits per heavy atom. The van der Waals surface area contributed by atoms with Crippen LogP contribution in [0.1, 0.15) is 44.4 Å². The fourth-order valence-electron chi connectivity index (χ4n) is 2.55. The van der Waals surface area contributed by atoms with Crippen molar-refractivity contribution in [1.82, 2.24) is 15.5 Å². The smallest absolute Gasteiger partial charge is 0.0522 e. The Morgan fingerprint density at radius 2 is 2.50 bits per heavy atom.